The van der Waals surface area contributed by atoms with E-state index < -0.39 is 0 Å². The van der Waals surface area contributed by atoms with Gasteiger partial charge in [0, 0.05) is 50.8 Å². The highest BCUT2D eigenvalue weighted by Gasteiger charge is 2.46. The van der Waals surface area contributed by atoms with Gasteiger partial charge in [-0.15, -0.1) is 0 Å². The van der Waals surface area contributed by atoms with Crippen molar-refractivity contribution in [3.8, 4) is 34.2 Å². The molecule has 2 aliphatic heterocycles. The second-order valence-corrected chi connectivity index (χ2v) is 37.5. The van der Waals surface area contributed by atoms with E-state index in [-0.39, 0.29) is 60.9 Å². The second-order valence-electron chi connectivity index (χ2n) is 37.5. The molecule has 0 amide bonds. The molecule has 0 radical (unpaired) electrons. The van der Waals surface area contributed by atoms with Crippen molar-refractivity contribution in [1.29, 1.82) is 0 Å². The smallest absolute Gasteiger partial charge is 0.252 e. The molecule has 8 aromatic rings. The molecule has 6 heteroatoms. The summed E-state index contributed by atoms with van der Waals surface area (Å²) in [4.78, 5) is 22.7. The fraction of sp³-hybridized carbons (Fsp3) is 0.471. The maximum Gasteiger partial charge on any atom is 0.252 e. The van der Waals surface area contributed by atoms with Crippen LogP contribution in [0.2, 0.25) is 0 Å². The van der Waals surface area contributed by atoms with E-state index >= 15 is 0 Å². The van der Waals surface area contributed by atoms with Crippen molar-refractivity contribution in [1.82, 2.24) is 15.0 Å². The molecule has 0 unspecified atom stereocenters. The average Bonchev–Trinajstić information content (AvgIpc) is 0.693. The molecule has 0 bridgehead atoms. The Balaban J connectivity index is 1.45. The van der Waals surface area contributed by atoms with Gasteiger partial charge in [-0.3, -0.25) is 0 Å². The van der Waals surface area contributed by atoms with Crippen LogP contribution in [0.1, 0.15) is 263 Å². The number of nitrogens with zero attached hydrogens (tertiary/aromatic N) is 5. The first-order valence-electron chi connectivity index (χ1n) is 33.9. The van der Waals surface area contributed by atoms with E-state index in [0.29, 0.717) is 17.5 Å². The Morgan fingerprint density at radius 1 is 0.231 bits per heavy atom. The summed E-state index contributed by atoms with van der Waals surface area (Å²) >= 11 is 0. The fourth-order valence-electron chi connectivity index (χ4n) is 12.8. The van der Waals surface area contributed by atoms with Gasteiger partial charge in [0.25, 0.3) is 6.71 Å². The number of fused-ring (bicyclic) bond motifs is 4. The molecule has 0 atom stereocenters. The van der Waals surface area contributed by atoms with Crippen molar-refractivity contribution in [3.05, 3.63) is 177 Å². The zero-order valence-corrected chi connectivity index (χ0v) is 61.9. The SMILES string of the molecule is CC(C)(C)c1cc(-c2nc(-c3cc(C(C)(C)C)cc(C(C)(C)C)c3)nc(-c3cc4c5c(c3)N(c3cc(C(C)(C)C)cc(C(C)(C)C)c3)c3cc(C(C)(C)C)ccc3B5c3ccc(C(C)(C)C)cc3N4c3cc(C(C)(C)C)cc(C(C)(C)C)c3)n2)cc(C(C)(C)C)c1. The molecular formula is C85H110BN5. The number of hydrogen-bond acceptors (Lipinski definition) is 5. The minimum atomic E-state index is -0.138. The Morgan fingerprint density at radius 2 is 0.451 bits per heavy atom. The first-order chi connectivity index (χ1) is 41.4. The van der Waals surface area contributed by atoms with Gasteiger partial charge in [-0.05, 0) is 199 Å². The maximum atomic E-state index is 5.85. The quantitative estimate of drug-likeness (QED) is 0.161. The van der Waals surface area contributed by atoms with Crippen LogP contribution in [0.25, 0.3) is 34.2 Å². The highest BCUT2D eigenvalue weighted by atomic mass is 15.2. The van der Waals surface area contributed by atoms with Crippen LogP contribution in [0.3, 0.4) is 0 Å². The number of hydrogen-bond donors (Lipinski definition) is 0. The number of aromatic nitrogens is 3. The maximum absolute atomic E-state index is 5.85. The van der Waals surface area contributed by atoms with Crippen LogP contribution < -0.4 is 26.2 Å². The summed E-state index contributed by atoms with van der Waals surface area (Å²) in [5, 5.41) is 0. The highest BCUT2D eigenvalue weighted by Crippen LogP contribution is 2.50. The molecule has 0 fully saturated rings. The van der Waals surface area contributed by atoms with Gasteiger partial charge < -0.3 is 9.80 Å². The van der Waals surface area contributed by atoms with Gasteiger partial charge in [0.05, 0.1) is 0 Å². The van der Waals surface area contributed by atoms with Gasteiger partial charge in [-0.2, -0.15) is 0 Å². The van der Waals surface area contributed by atoms with Crippen LogP contribution in [-0.4, -0.2) is 21.7 Å². The van der Waals surface area contributed by atoms with E-state index in [9.17, 15) is 0 Å². The van der Waals surface area contributed by atoms with Gasteiger partial charge in [0.1, 0.15) is 0 Å². The lowest BCUT2D eigenvalue weighted by Gasteiger charge is -2.45. The summed E-state index contributed by atoms with van der Waals surface area (Å²) in [5.74, 6) is 1.95. The van der Waals surface area contributed by atoms with Gasteiger partial charge in [0.2, 0.25) is 0 Å². The molecule has 0 saturated heterocycles. The number of anilines is 6. The molecule has 91 heavy (non-hydrogen) atoms. The summed E-state index contributed by atoms with van der Waals surface area (Å²) in [6, 6.07) is 48.7. The highest BCUT2D eigenvalue weighted by molar-refractivity contribution is 7.00. The average molecular weight is 1210 g/mol. The Kier molecular flexibility index (Phi) is 16.2. The van der Waals surface area contributed by atoms with Gasteiger partial charge in [-0.1, -0.05) is 256 Å². The van der Waals surface area contributed by atoms with Crippen molar-refractivity contribution < 1.29 is 0 Å². The molecule has 3 heterocycles. The molecule has 1 aromatic heterocycles. The largest absolute Gasteiger partial charge is 0.311 e. The molecule has 2 aliphatic rings. The molecule has 0 aliphatic carbocycles. The lowest BCUT2D eigenvalue weighted by Crippen LogP contribution is -2.61. The molecule has 478 valence electrons. The van der Waals surface area contributed by atoms with E-state index in [2.05, 4.69) is 339 Å². The zero-order valence-electron chi connectivity index (χ0n) is 61.9. The van der Waals surface area contributed by atoms with E-state index in [1.54, 1.807) is 0 Å². The van der Waals surface area contributed by atoms with Gasteiger partial charge in [0.15, 0.2) is 17.5 Å². The third-order valence-corrected chi connectivity index (χ3v) is 19.4. The molecule has 0 N–H and O–H groups in total. The third-order valence-electron chi connectivity index (χ3n) is 19.4. The van der Waals surface area contributed by atoms with Crippen molar-refractivity contribution >= 4 is 57.2 Å². The van der Waals surface area contributed by atoms with Gasteiger partial charge in [-0.25, -0.2) is 15.0 Å². The lowest BCUT2D eigenvalue weighted by atomic mass is 9.33. The van der Waals surface area contributed by atoms with E-state index in [1.165, 1.54) is 83.4 Å². The van der Waals surface area contributed by atoms with E-state index in [0.717, 1.165) is 39.4 Å². The van der Waals surface area contributed by atoms with Gasteiger partial charge >= 0.3 is 0 Å². The van der Waals surface area contributed by atoms with Crippen LogP contribution in [0, 0.1) is 0 Å². The molecule has 10 rings (SSSR count). The lowest BCUT2D eigenvalue weighted by molar-refractivity contribution is 0.568. The van der Waals surface area contributed by atoms with E-state index in [1.807, 2.05) is 0 Å². The normalized spacial score (nSPS) is 14.4. The Bertz CT molecular complexity index is 3770. The predicted molar refractivity (Wildman–Crippen MR) is 397 cm³/mol. The summed E-state index contributed by atoms with van der Waals surface area (Å²) in [6.07, 6.45) is 0. The Labute approximate surface area is 551 Å². The minimum absolute atomic E-state index is 0.114. The van der Waals surface area contributed by atoms with Crippen molar-refractivity contribution in [3.63, 3.8) is 0 Å². The molecule has 7 aromatic carbocycles. The standard InChI is InChI=1S/C85H110BN5/c1-76(2,3)54-31-33-66-68(49-54)90(64-45-60(82(19,20)21)43-61(46-64)83(22,23)24)70-39-53(40-71-72(70)86(66)67-34-32-55(77(4,5)6)50-69(67)91(71)65-47-62(84(25,26)27)44-63(48-65)85(28,29)30)75-88-73(51-35-56(78(7,8)9)41-57(36-51)79(10,11)12)87-74(89-75)52-37-58(80(13,14)15)42-59(38-52)81(16,17)18/h31-50H,1-30H3. The van der Waals surface area contributed by atoms with Crippen LogP contribution in [0.5, 0.6) is 0 Å². The Morgan fingerprint density at radius 3 is 0.681 bits per heavy atom. The van der Waals surface area contributed by atoms with Crippen LogP contribution in [0.4, 0.5) is 34.1 Å². The van der Waals surface area contributed by atoms with Crippen molar-refractivity contribution in [2.75, 3.05) is 9.80 Å². The van der Waals surface area contributed by atoms with Crippen LogP contribution in [-0.2, 0) is 54.1 Å². The number of rotatable bonds is 5. The number of benzene rings is 7. The summed E-state index contributed by atoms with van der Waals surface area (Å²) in [5.41, 5.74) is 25.1. The predicted octanol–water partition coefficient (Wildman–Crippen LogP) is 21.9. The summed E-state index contributed by atoms with van der Waals surface area (Å²) in [6.45, 7) is 70.0. The molecule has 0 saturated carbocycles. The zero-order chi connectivity index (χ0) is 67.4. The molecule has 5 nitrogen and oxygen atoms in total. The van der Waals surface area contributed by atoms with Crippen molar-refractivity contribution in [2.24, 2.45) is 0 Å². The summed E-state index contributed by atoms with van der Waals surface area (Å²) in [7, 11) is 0. The van der Waals surface area contributed by atoms with E-state index in [4.69, 9.17) is 15.0 Å². The monoisotopic (exact) mass is 1210 g/mol. The van der Waals surface area contributed by atoms with Crippen molar-refractivity contribution in [2.45, 2.75) is 262 Å². The molecular weight excluding hydrogens is 1100 g/mol. The fourth-order valence-corrected chi connectivity index (χ4v) is 12.8. The Hall–Kier alpha value is -6.79. The van der Waals surface area contributed by atoms with Crippen LogP contribution >= 0.6 is 0 Å². The summed E-state index contributed by atoms with van der Waals surface area (Å²) < 4.78 is 0. The molecule has 0 spiro atoms. The second kappa shape index (κ2) is 21.9. The van der Waals surface area contributed by atoms with Crippen LogP contribution in [0.15, 0.2) is 121 Å². The first-order valence-corrected chi connectivity index (χ1v) is 33.9. The third kappa shape index (κ3) is 13.3. The minimum Gasteiger partial charge on any atom is -0.311 e. The topological polar surface area (TPSA) is 45.2 Å². The first kappa shape index (κ1) is 67.1.